The molecule has 22 heavy (non-hydrogen) atoms. The fourth-order valence-corrected chi connectivity index (χ4v) is 2.29. The molecular weight excluding hydrogens is 286 g/mol. The lowest BCUT2D eigenvalue weighted by Gasteiger charge is -2.16. The summed E-state index contributed by atoms with van der Waals surface area (Å²) >= 11 is 0. The third-order valence-electron chi connectivity index (χ3n) is 3.61. The number of unbranched alkanes of at least 4 members (excludes halogenated alkanes) is 4. The Morgan fingerprint density at radius 3 is 2.18 bits per heavy atom. The Labute approximate surface area is 132 Å². The van der Waals surface area contributed by atoms with Crippen molar-refractivity contribution >= 4 is 17.8 Å². The van der Waals surface area contributed by atoms with Crippen molar-refractivity contribution in [2.75, 3.05) is 0 Å². The van der Waals surface area contributed by atoms with Crippen molar-refractivity contribution in [2.24, 2.45) is 5.92 Å². The minimum atomic E-state index is -1.19. The number of hydrogen-bond acceptors (Lipinski definition) is 3. The molecule has 3 N–H and O–H groups in total. The molecule has 0 bridgehead atoms. The summed E-state index contributed by atoms with van der Waals surface area (Å²) in [6, 6.07) is -1.12. The lowest BCUT2D eigenvalue weighted by molar-refractivity contribution is -0.143. The molecule has 0 rings (SSSR count). The fraction of sp³-hybridized carbons (Fsp3) is 0.812. The van der Waals surface area contributed by atoms with Gasteiger partial charge < -0.3 is 15.5 Å². The lowest BCUT2D eigenvalue weighted by atomic mass is 9.98. The summed E-state index contributed by atoms with van der Waals surface area (Å²) in [7, 11) is 0. The minimum Gasteiger partial charge on any atom is -0.481 e. The average Bonchev–Trinajstić information content (AvgIpc) is 2.42. The van der Waals surface area contributed by atoms with Crippen molar-refractivity contribution in [3.8, 4) is 0 Å². The Kier molecular flexibility index (Phi) is 11.1. The van der Waals surface area contributed by atoms with Crippen molar-refractivity contribution in [3.63, 3.8) is 0 Å². The van der Waals surface area contributed by atoms with Crippen LogP contribution in [-0.4, -0.2) is 34.1 Å². The number of rotatable bonds is 13. The molecule has 2 atom stereocenters. The van der Waals surface area contributed by atoms with Crippen molar-refractivity contribution in [1.29, 1.82) is 0 Å². The van der Waals surface area contributed by atoms with Crippen LogP contribution in [0.5, 0.6) is 0 Å². The topological polar surface area (TPSA) is 104 Å². The van der Waals surface area contributed by atoms with Gasteiger partial charge in [-0.25, -0.2) is 4.79 Å². The van der Waals surface area contributed by atoms with Gasteiger partial charge in [-0.3, -0.25) is 9.59 Å². The van der Waals surface area contributed by atoms with Gasteiger partial charge in [0.1, 0.15) is 6.04 Å². The zero-order valence-corrected chi connectivity index (χ0v) is 13.6. The van der Waals surface area contributed by atoms with Crippen LogP contribution >= 0.6 is 0 Å². The van der Waals surface area contributed by atoms with E-state index in [2.05, 4.69) is 12.2 Å². The molecule has 128 valence electrons. The van der Waals surface area contributed by atoms with E-state index in [1.54, 1.807) is 0 Å². The maximum atomic E-state index is 11.8. The summed E-state index contributed by atoms with van der Waals surface area (Å²) in [5.41, 5.74) is 0. The van der Waals surface area contributed by atoms with Crippen molar-refractivity contribution < 1.29 is 24.6 Å². The van der Waals surface area contributed by atoms with Crippen molar-refractivity contribution in [3.05, 3.63) is 0 Å². The molecule has 0 aromatic rings. The smallest absolute Gasteiger partial charge is 0.326 e. The second-order valence-electron chi connectivity index (χ2n) is 5.90. The highest BCUT2D eigenvalue weighted by Crippen LogP contribution is 2.14. The van der Waals surface area contributed by atoms with Crippen LogP contribution in [0.1, 0.15) is 71.6 Å². The van der Waals surface area contributed by atoms with E-state index in [1.165, 1.54) is 19.3 Å². The summed E-state index contributed by atoms with van der Waals surface area (Å²) in [4.78, 5) is 33.3. The molecule has 0 aromatic carbocycles. The molecule has 6 nitrogen and oxygen atoms in total. The van der Waals surface area contributed by atoms with Gasteiger partial charge in [-0.05, 0) is 12.3 Å². The number of nitrogens with one attached hydrogen (secondary N) is 1. The maximum Gasteiger partial charge on any atom is 0.326 e. The zero-order chi connectivity index (χ0) is 17.0. The molecule has 0 aliphatic heterocycles. The Balaban J connectivity index is 4.01. The molecule has 1 amide bonds. The Morgan fingerprint density at radius 1 is 1.00 bits per heavy atom. The molecular formula is C16H29NO5. The summed E-state index contributed by atoms with van der Waals surface area (Å²) in [6.45, 7) is 4.14. The molecule has 0 heterocycles. The number of aliphatic carboxylic acids is 2. The first-order valence-electron chi connectivity index (χ1n) is 8.10. The number of carbonyl (C=O) groups excluding carboxylic acids is 1. The van der Waals surface area contributed by atoms with Crippen molar-refractivity contribution in [2.45, 2.75) is 77.7 Å². The van der Waals surface area contributed by atoms with E-state index in [9.17, 15) is 14.4 Å². The average molecular weight is 315 g/mol. The highest BCUT2D eigenvalue weighted by Gasteiger charge is 2.21. The number of hydrogen-bond donors (Lipinski definition) is 3. The SMILES string of the molecule is CCCCCCCC(C)CC(=O)NC(CCC(=O)O)C(=O)O. The molecule has 0 aliphatic rings. The van der Waals surface area contributed by atoms with E-state index in [4.69, 9.17) is 10.2 Å². The predicted octanol–water partition coefficient (Wildman–Crippen LogP) is 2.81. The van der Waals surface area contributed by atoms with E-state index in [1.807, 2.05) is 6.92 Å². The van der Waals surface area contributed by atoms with E-state index in [0.29, 0.717) is 0 Å². The Hall–Kier alpha value is -1.59. The van der Waals surface area contributed by atoms with Gasteiger partial charge in [-0.1, -0.05) is 52.4 Å². The molecule has 0 radical (unpaired) electrons. The Morgan fingerprint density at radius 2 is 1.64 bits per heavy atom. The monoisotopic (exact) mass is 315 g/mol. The molecule has 0 saturated carbocycles. The minimum absolute atomic E-state index is 0.0954. The third-order valence-corrected chi connectivity index (χ3v) is 3.61. The van der Waals surface area contributed by atoms with Crippen LogP contribution in [0.2, 0.25) is 0 Å². The van der Waals surface area contributed by atoms with Crippen LogP contribution < -0.4 is 5.32 Å². The highest BCUT2D eigenvalue weighted by atomic mass is 16.4. The van der Waals surface area contributed by atoms with Gasteiger partial charge in [0.05, 0.1) is 0 Å². The first kappa shape index (κ1) is 20.4. The van der Waals surface area contributed by atoms with Gasteiger partial charge >= 0.3 is 11.9 Å². The summed E-state index contributed by atoms with van der Waals surface area (Å²) in [5, 5.41) is 20.0. The van der Waals surface area contributed by atoms with Gasteiger partial charge in [-0.2, -0.15) is 0 Å². The predicted molar refractivity (Wildman–Crippen MR) is 83.6 cm³/mol. The molecule has 0 saturated heterocycles. The van der Waals surface area contributed by atoms with Gasteiger partial charge in [0.15, 0.2) is 0 Å². The summed E-state index contributed by atoms with van der Waals surface area (Å²) < 4.78 is 0. The molecule has 0 fully saturated rings. The first-order chi connectivity index (χ1) is 10.4. The number of amides is 1. The quantitative estimate of drug-likeness (QED) is 0.453. The van der Waals surface area contributed by atoms with Crippen LogP contribution in [-0.2, 0) is 14.4 Å². The van der Waals surface area contributed by atoms with Gasteiger partial charge in [0, 0.05) is 12.8 Å². The summed E-state index contributed by atoms with van der Waals surface area (Å²) in [6.07, 6.45) is 6.75. The van der Waals surface area contributed by atoms with E-state index in [-0.39, 0.29) is 31.1 Å². The van der Waals surface area contributed by atoms with Crippen LogP contribution in [0, 0.1) is 5.92 Å². The first-order valence-corrected chi connectivity index (χ1v) is 8.10. The lowest BCUT2D eigenvalue weighted by Crippen LogP contribution is -2.41. The standard InChI is InChI=1S/C16H29NO5/c1-3-4-5-6-7-8-12(2)11-14(18)17-13(16(21)22)9-10-15(19)20/h12-13H,3-11H2,1-2H3,(H,17,18)(H,19,20)(H,21,22). The van der Waals surface area contributed by atoms with Crippen LogP contribution in [0.15, 0.2) is 0 Å². The molecule has 0 aliphatic carbocycles. The molecule has 6 heteroatoms. The second kappa shape index (κ2) is 12.0. The van der Waals surface area contributed by atoms with E-state index < -0.39 is 18.0 Å². The zero-order valence-electron chi connectivity index (χ0n) is 13.6. The van der Waals surface area contributed by atoms with Gasteiger partial charge in [0.2, 0.25) is 5.91 Å². The molecule has 0 spiro atoms. The number of carbonyl (C=O) groups is 3. The van der Waals surface area contributed by atoms with Crippen LogP contribution in [0.4, 0.5) is 0 Å². The highest BCUT2D eigenvalue weighted by molar-refractivity contribution is 5.84. The largest absolute Gasteiger partial charge is 0.481 e. The molecule has 2 unspecified atom stereocenters. The van der Waals surface area contributed by atoms with Crippen molar-refractivity contribution in [1.82, 2.24) is 5.32 Å². The fourth-order valence-electron chi connectivity index (χ4n) is 2.29. The van der Waals surface area contributed by atoms with E-state index >= 15 is 0 Å². The molecule has 0 aromatic heterocycles. The number of carboxylic acid groups (broad SMARTS) is 2. The van der Waals surface area contributed by atoms with Crippen LogP contribution in [0.3, 0.4) is 0 Å². The number of carboxylic acids is 2. The second-order valence-corrected chi connectivity index (χ2v) is 5.90. The summed E-state index contributed by atoms with van der Waals surface area (Å²) in [5.74, 6) is -2.38. The van der Waals surface area contributed by atoms with Gasteiger partial charge in [0.25, 0.3) is 0 Å². The third kappa shape index (κ3) is 11.1. The van der Waals surface area contributed by atoms with E-state index in [0.717, 1.165) is 19.3 Å². The maximum absolute atomic E-state index is 11.8. The normalized spacial score (nSPS) is 13.4. The van der Waals surface area contributed by atoms with Gasteiger partial charge in [-0.15, -0.1) is 0 Å². The Bertz CT molecular complexity index is 356. The van der Waals surface area contributed by atoms with Crippen LogP contribution in [0.25, 0.3) is 0 Å².